The third kappa shape index (κ3) is 2.09. The van der Waals surface area contributed by atoms with Crippen molar-refractivity contribution < 1.29 is 5.32 Å². The van der Waals surface area contributed by atoms with Crippen molar-refractivity contribution in [3.8, 4) is 11.4 Å². The molecule has 5 nitrogen and oxygen atoms in total. The molecular weight excluding hydrogens is 228 g/mol. The van der Waals surface area contributed by atoms with Crippen LogP contribution in [0, 0.1) is 0 Å². The highest BCUT2D eigenvalue weighted by atomic mass is 16.2. The van der Waals surface area contributed by atoms with Crippen molar-refractivity contribution in [1.82, 2.24) is 14.8 Å². The summed E-state index contributed by atoms with van der Waals surface area (Å²) in [6.45, 7) is 2.15. The molecule has 1 aliphatic rings. The predicted molar refractivity (Wildman–Crippen MR) is 68.2 cm³/mol. The summed E-state index contributed by atoms with van der Waals surface area (Å²) in [6.07, 6.45) is 2.03. The molecule has 18 heavy (non-hydrogen) atoms. The zero-order valence-corrected chi connectivity index (χ0v) is 10.2. The van der Waals surface area contributed by atoms with E-state index < -0.39 is 0 Å². The average molecular weight is 245 g/mol. The molecule has 0 aliphatic carbocycles. The van der Waals surface area contributed by atoms with Crippen LogP contribution in [0.1, 0.15) is 18.9 Å². The number of nitrogens with two attached hydrogens (primary N) is 1. The highest BCUT2D eigenvalue weighted by Gasteiger charge is 2.21. The van der Waals surface area contributed by atoms with Gasteiger partial charge in [0.25, 0.3) is 0 Å². The number of aromatic amines is 1. The number of aromatic nitrogens is 3. The molecule has 5 heteroatoms. The summed E-state index contributed by atoms with van der Waals surface area (Å²) in [4.78, 5) is 14.8. The molecule has 0 amide bonds. The van der Waals surface area contributed by atoms with Crippen molar-refractivity contribution >= 4 is 0 Å². The largest absolute Gasteiger partial charge is 0.346 e. The first-order chi connectivity index (χ1) is 8.84. The molecular formula is C13H17N4O+. The quantitative estimate of drug-likeness (QED) is 0.790. The molecule has 2 heterocycles. The summed E-state index contributed by atoms with van der Waals surface area (Å²) in [5.41, 5.74) is 0.858. The Morgan fingerprint density at radius 2 is 1.94 bits per heavy atom. The molecule has 1 fully saturated rings. The van der Waals surface area contributed by atoms with Crippen molar-refractivity contribution in [1.29, 1.82) is 0 Å². The van der Waals surface area contributed by atoms with Crippen molar-refractivity contribution in [2.24, 2.45) is 0 Å². The topological polar surface area (TPSA) is 67.3 Å². The minimum absolute atomic E-state index is 0.0965. The van der Waals surface area contributed by atoms with Gasteiger partial charge in [0, 0.05) is 18.4 Å². The monoisotopic (exact) mass is 245 g/mol. The van der Waals surface area contributed by atoms with E-state index in [1.165, 1.54) is 0 Å². The summed E-state index contributed by atoms with van der Waals surface area (Å²) in [6, 6.07) is 10.0. The lowest BCUT2D eigenvalue weighted by Crippen LogP contribution is -2.86. The maximum Gasteiger partial charge on any atom is 0.343 e. The van der Waals surface area contributed by atoms with Crippen molar-refractivity contribution in [2.45, 2.75) is 18.9 Å². The second-order valence-corrected chi connectivity index (χ2v) is 4.69. The number of hydrogen-bond acceptors (Lipinski definition) is 2. The van der Waals surface area contributed by atoms with E-state index in [-0.39, 0.29) is 11.7 Å². The van der Waals surface area contributed by atoms with Crippen LogP contribution in [0.25, 0.3) is 11.4 Å². The van der Waals surface area contributed by atoms with Crippen LogP contribution in [0.2, 0.25) is 0 Å². The Bertz CT molecular complexity index is 566. The van der Waals surface area contributed by atoms with E-state index in [1.807, 2.05) is 30.3 Å². The number of benzene rings is 1. The van der Waals surface area contributed by atoms with Gasteiger partial charge in [-0.05, 0) is 0 Å². The van der Waals surface area contributed by atoms with Crippen LogP contribution in [0.3, 0.4) is 0 Å². The van der Waals surface area contributed by atoms with Crippen molar-refractivity contribution in [3.05, 3.63) is 40.8 Å². The van der Waals surface area contributed by atoms with Gasteiger partial charge in [-0.1, -0.05) is 30.3 Å². The van der Waals surface area contributed by atoms with Crippen molar-refractivity contribution in [3.63, 3.8) is 0 Å². The molecule has 2 aromatic rings. The SMILES string of the molecule is O=c1[nH]c(-c2ccccc2)nn1C1CC[NH2+]CC1. The van der Waals surface area contributed by atoms with Gasteiger partial charge in [-0.25, -0.2) is 9.48 Å². The molecule has 94 valence electrons. The molecule has 3 N–H and O–H groups in total. The third-order valence-electron chi connectivity index (χ3n) is 3.44. The summed E-state index contributed by atoms with van der Waals surface area (Å²) in [7, 11) is 0. The Kier molecular flexibility index (Phi) is 2.98. The van der Waals surface area contributed by atoms with E-state index in [4.69, 9.17) is 0 Å². The lowest BCUT2D eigenvalue weighted by atomic mass is 10.1. The van der Waals surface area contributed by atoms with Gasteiger partial charge in [0.05, 0.1) is 19.1 Å². The van der Waals surface area contributed by atoms with Crippen LogP contribution >= 0.6 is 0 Å². The van der Waals surface area contributed by atoms with E-state index in [9.17, 15) is 4.79 Å². The van der Waals surface area contributed by atoms with E-state index in [0.717, 1.165) is 31.5 Å². The highest BCUT2D eigenvalue weighted by Crippen LogP contribution is 2.16. The molecule has 1 aromatic carbocycles. The first-order valence-corrected chi connectivity index (χ1v) is 6.40. The number of rotatable bonds is 2. The third-order valence-corrected chi connectivity index (χ3v) is 3.44. The van der Waals surface area contributed by atoms with Crippen LogP contribution in [-0.4, -0.2) is 27.9 Å². The first kappa shape index (κ1) is 11.2. The Labute approximate surface area is 105 Å². The summed E-state index contributed by atoms with van der Waals surface area (Å²) in [5.74, 6) is 0.662. The zero-order valence-electron chi connectivity index (χ0n) is 10.2. The van der Waals surface area contributed by atoms with Crippen LogP contribution < -0.4 is 11.0 Å². The van der Waals surface area contributed by atoms with Gasteiger partial charge in [-0.3, -0.25) is 4.98 Å². The maximum absolute atomic E-state index is 11.9. The highest BCUT2D eigenvalue weighted by molar-refractivity contribution is 5.53. The second-order valence-electron chi connectivity index (χ2n) is 4.69. The molecule has 0 unspecified atom stereocenters. The Morgan fingerprint density at radius 1 is 1.22 bits per heavy atom. The Hall–Kier alpha value is -1.88. The number of nitrogens with one attached hydrogen (secondary N) is 1. The molecule has 1 saturated heterocycles. The minimum Gasteiger partial charge on any atom is -0.346 e. The maximum atomic E-state index is 11.9. The van der Waals surface area contributed by atoms with Gasteiger partial charge in [-0.15, -0.1) is 5.10 Å². The minimum atomic E-state index is -0.0965. The average Bonchev–Trinajstić information content (AvgIpc) is 2.83. The molecule has 1 aliphatic heterocycles. The van der Waals surface area contributed by atoms with E-state index in [0.29, 0.717) is 5.82 Å². The fourth-order valence-electron chi connectivity index (χ4n) is 2.46. The number of quaternary nitrogens is 1. The summed E-state index contributed by atoms with van der Waals surface area (Å²) in [5, 5.41) is 6.72. The zero-order chi connectivity index (χ0) is 12.4. The summed E-state index contributed by atoms with van der Waals surface area (Å²) < 4.78 is 1.62. The van der Waals surface area contributed by atoms with Crippen LogP contribution in [0.15, 0.2) is 35.1 Å². The van der Waals surface area contributed by atoms with Gasteiger partial charge >= 0.3 is 5.69 Å². The number of H-pyrrole nitrogens is 1. The van der Waals surface area contributed by atoms with E-state index in [1.54, 1.807) is 4.68 Å². The molecule has 1 aromatic heterocycles. The smallest absolute Gasteiger partial charge is 0.343 e. The van der Waals surface area contributed by atoms with Gasteiger partial charge in [-0.2, -0.15) is 0 Å². The second kappa shape index (κ2) is 4.78. The molecule has 0 radical (unpaired) electrons. The normalized spacial score (nSPS) is 16.9. The molecule has 0 saturated carbocycles. The number of nitrogens with zero attached hydrogens (tertiary/aromatic N) is 2. The fourth-order valence-corrected chi connectivity index (χ4v) is 2.46. The number of hydrogen-bond donors (Lipinski definition) is 2. The number of piperidine rings is 1. The first-order valence-electron chi connectivity index (χ1n) is 6.40. The Morgan fingerprint density at radius 3 is 2.67 bits per heavy atom. The lowest BCUT2D eigenvalue weighted by molar-refractivity contribution is -0.664. The van der Waals surface area contributed by atoms with Gasteiger partial charge in [0.1, 0.15) is 0 Å². The van der Waals surface area contributed by atoms with E-state index in [2.05, 4.69) is 15.4 Å². The van der Waals surface area contributed by atoms with Gasteiger partial charge in [0.2, 0.25) is 0 Å². The standard InChI is InChI=1S/C13H16N4O/c18-13-15-12(10-4-2-1-3-5-10)16-17(13)11-6-8-14-9-7-11/h1-5,11,14H,6-9H2,(H,15,16,18)/p+1. The van der Waals surface area contributed by atoms with Crippen LogP contribution in [-0.2, 0) is 0 Å². The molecule has 3 rings (SSSR count). The summed E-state index contributed by atoms with van der Waals surface area (Å²) >= 11 is 0. The van der Waals surface area contributed by atoms with Crippen molar-refractivity contribution in [2.75, 3.05) is 13.1 Å². The fraction of sp³-hybridized carbons (Fsp3) is 0.385. The molecule has 0 bridgehead atoms. The van der Waals surface area contributed by atoms with Gasteiger partial charge < -0.3 is 5.32 Å². The lowest BCUT2D eigenvalue weighted by Gasteiger charge is -2.19. The Balaban J connectivity index is 1.93. The van der Waals surface area contributed by atoms with E-state index >= 15 is 0 Å². The molecule has 0 spiro atoms. The van der Waals surface area contributed by atoms with Crippen LogP contribution in [0.5, 0.6) is 0 Å². The van der Waals surface area contributed by atoms with Crippen LogP contribution in [0.4, 0.5) is 0 Å². The van der Waals surface area contributed by atoms with Gasteiger partial charge in [0.15, 0.2) is 5.82 Å². The molecule has 0 atom stereocenters. The predicted octanol–water partition coefficient (Wildman–Crippen LogP) is 0.137.